The number of benzene rings is 3. The highest BCUT2D eigenvalue weighted by atomic mass is 16.7. The number of hydrogen-bond acceptors (Lipinski definition) is 25. The number of nitrogens with one attached hydrogen (secondary N) is 3. The number of rotatable bonds is 16. The summed E-state index contributed by atoms with van der Waals surface area (Å²) in [6.07, 6.45) is -19.1. The van der Waals surface area contributed by atoms with E-state index in [2.05, 4.69) is 16.0 Å². The number of esters is 3. The van der Waals surface area contributed by atoms with Crippen molar-refractivity contribution in [1.29, 1.82) is 0 Å². The number of anilines is 3. The Morgan fingerprint density at radius 1 is 0.507 bits per heavy atom. The first-order valence-electron chi connectivity index (χ1n) is 20.8. The van der Waals surface area contributed by atoms with Crippen molar-refractivity contribution >= 4 is 35.0 Å². The van der Waals surface area contributed by atoms with Gasteiger partial charge < -0.3 is 112 Å². The lowest BCUT2D eigenvalue weighted by Gasteiger charge is -2.50. The topological polar surface area (TPSA) is 401 Å². The van der Waals surface area contributed by atoms with Crippen LogP contribution in [0.1, 0.15) is 31.1 Å². The van der Waals surface area contributed by atoms with Crippen molar-refractivity contribution in [2.45, 2.75) is 91.9 Å². The highest BCUT2D eigenvalue weighted by molar-refractivity contribution is 5.94. The van der Waals surface area contributed by atoms with E-state index in [1.807, 2.05) is 0 Å². The van der Waals surface area contributed by atoms with Gasteiger partial charge in [0, 0.05) is 17.1 Å². The fraction of sp³-hybridized carbons (Fsp3) is 0.500. The Morgan fingerprint density at radius 2 is 0.851 bits per heavy atom. The Hall–Kier alpha value is -5.65. The third-order valence-electron chi connectivity index (χ3n) is 11.5. The van der Waals surface area contributed by atoms with Crippen LogP contribution < -0.4 is 33.2 Å². The number of nitrogens with two attached hydrogens (primary N) is 3. The van der Waals surface area contributed by atoms with Gasteiger partial charge in [-0.25, -0.2) is 14.4 Å². The van der Waals surface area contributed by atoms with E-state index in [0.29, 0.717) is 0 Å². The van der Waals surface area contributed by atoms with Crippen LogP contribution in [0.5, 0.6) is 17.2 Å². The third kappa shape index (κ3) is 11.4. The minimum Gasteiger partial charge on any atom is -0.507 e. The van der Waals surface area contributed by atoms with E-state index < -0.39 is 147 Å². The van der Waals surface area contributed by atoms with Crippen LogP contribution in [0.3, 0.4) is 0 Å². The molecule has 3 fully saturated rings. The molecule has 3 aromatic rings. The Labute approximate surface area is 382 Å². The molecule has 3 aliphatic rings. The number of likely N-dealkylation sites (N-methyl/N-ethyl adjacent to an activating group) is 3. The molecule has 6 rings (SSSR count). The molecule has 67 heavy (non-hydrogen) atoms. The molecular weight excluding hydrogens is 892 g/mol. The molecule has 3 aromatic carbocycles. The first-order chi connectivity index (χ1) is 31.9. The van der Waals surface area contributed by atoms with E-state index in [9.17, 15) is 55.2 Å². The minimum atomic E-state index is -1.73. The van der Waals surface area contributed by atoms with Gasteiger partial charge in [-0.05, 0) is 75.7 Å². The van der Waals surface area contributed by atoms with E-state index in [4.69, 9.17) is 55.1 Å². The maximum atomic E-state index is 13.4. The number of phenolic OH excluding ortho intramolecular Hbond substituents is 3. The van der Waals surface area contributed by atoms with Crippen LogP contribution in [-0.2, 0) is 37.9 Å². The summed E-state index contributed by atoms with van der Waals surface area (Å²) in [5, 5.41) is 96.0. The predicted molar refractivity (Wildman–Crippen MR) is 229 cm³/mol. The number of aliphatic hydroxyl groups excluding tert-OH is 5. The quantitative estimate of drug-likeness (QED) is 0.0287. The maximum absolute atomic E-state index is 13.4. The van der Waals surface area contributed by atoms with Gasteiger partial charge in [-0.1, -0.05) is 0 Å². The molecule has 0 saturated carbocycles. The summed E-state index contributed by atoms with van der Waals surface area (Å²) in [6.45, 7) is -2.10. The SMILES string of the molecule is CNC1[C@H](O[C@H]2C(COC(=O)c3cc(N)ccc3O)O[C@@H](O[C@@H]3C(COC(=O)c4cc(N)ccc4O)O[C@@H](O)C(NC)[C@@H]3O)C(NC)[C@@H]2O)OC(COC(=O)c2cc(N)ccc2O)[C@@H](O)[C@H]1O. The van der Waals surface area contributed by atoms with Crippen LogP contribution in [0.4, 0.5) is 17.1 Å². The first-order valence-corrected chi connectivity index (χ1v) is 20.8. The van der Waals surface area contributed by atoms with E-state index in [1.165, 1.54) is 69.7 Å². The molecule has 0 spiro atoms. The Morgan fingerprint density at radius 3 is 1.25 bits per heavy atom. The summed E-state index contributed by atoms with van der Waals surface area (Å²) >= 11 is 0. The van der Waals surface area contributed by atoms with Crippen LogP contribution in [0.25, 0.3) is 0 Å². The lowest BCUT2D eigenvalue weighted by molar-refractivity contribution is -0.351. The second-order valence-electron chi connectivity index (χ2n) is 15.9. The summed E-state index contributed by atoms with van der Waals surface area (Å²) in [7, 11) is 4.24. The number of aromatic hydroxyl groups is 3. The summed E-state index contributed by atoms with van der Waals surface area (Å²) < 4.78 is 47.0. The van der Waals surface area contributed by atoms with Gasteiger partial charge in [-0.15, -0.1) is 0 Å². The monoisotopic (exact) mass is 948 g/mol. The van der Waals surface area contributed by atoms with Gasteiger partial charge in [0.1, 0.15) is 109 Å². The van der Waals surface area contributed by atoms with E-state index in [0.717, 1.165) is 6.07 Å². The Bertz CT molecular complexity index is 2210. The Balaban J connectivity index is 1.27. The zero-order valence-corrected chi connectivity index (χ0v) is 36.3. The number of nitrogen functional groups attached to an aromatic ring is 3. The molecule has 0 amide bonds. The van der Waals surface area contributed by atoms with Crippen molar-refractivity contribution in [2.24, 2.45) is 0 Å². The Kier molecular flexibility index (Phi) is 16.6. The summed E-state index contributed by atoms with van der Waals surface area (Å²) in [5.41, 5.74) is 16.9. The van der Waals surface area contributed by atoms with Crippen LogP contribution in [0.15, 0.2) is 54.6 Å². The van der Waals surface area contributed by atoms with Crippen molar-refractivity contribution in [3.05, 3.63) is 71.3 Å². The molecule has 0 radical (unpaired) electrons. The molecule has 25 heteroatoms. The number of phenols is 3. The van der Waals surface area contributed by atoms with Crippen molar-refractivity contribution in [2.75, 3.05) is 58.2 Å². The van der Waals surface area contributed by atoms with E-state index in [1.54, 1.807) is 0 Å². The largest absolute Gasteiger partial charge is 0.507 e. The third-order valence-corrected chi connectivity index (χ3v) is 11.5. The van der Waals surface area contributed by atoms with Crippen LogP contribution in [0.2, 0.25) is 0 Å². The number of carbonyl (C=O) groups is 3. The van der Waals surface area contributed by atoms with Gasteiger partial charge in [-0.3, -0.25) is 0 Å². The maximum Gasteiger partial charge on any atom is 0.342 e. The number of aliphatic hydroxyl groups is 5. The summed E-state index contributed by atoms with van der Waals surface area (Å²) in [5.74, 6) is -4.52. The minimum absolute atomic E-state index is 0.113. The van der Waals surface area contributed by atoms with Crippen LogP contribution >= 0.6 is 0 Å². The van der Waals surface area contributed by atoms with Gasteiger partial charge >= 0.3 is 17.9 Å². The molecule has 15 atom stereocenters. The van der Waals surface area contributed by atoms with Crippen LogP contribution in [0, 0.1) is 0 Å². The smallest absolute Gasteiger partial charge is 0.342 e. The van der Waals surface area contributed by atoms with Crippen molar-refractivity contribution in [1.82, 2.24) is 16.0 Å². The lowest BCUT2D eigenvalue weighted by atomic mass is 9.94. The molecule has 0 aliphatic carbocycles. The zero-order valence-electron chi connectivity index (χ0n) is 36.3. The van der Waals surface area contributed by atoms with Crippen LogP contribution in [-0.4, -0.2) is 192 Å². The normalized spacial score (nSPS) is 32.0. The average molecular weight is 949 g/mol. The van der Waals surface area contributed by atoms with Crippen molar-refractivity contribution in [3.8, 4) is 17.2 Å². The highest BCUT2D eigenvalue weighted by Gasteiger charge is 2.54. The molecule has 3 saturated heterocycles. The molecule has 3 heterocycles. The van der Waals surface area contributed by atoms with E-state index in [-0.39, 0.29) is 33.8 Å². The van der Waals surface area contributed by atoms with Crippen molar-refractivity contribution in [3.63, 3.8) is 0 Å². The van der Waals surface area contributed by atoms with Gasteiger partial charge in [0.25, 0.3) is 0 Å². The molecule has 6 unspecified atom stereocenters. The van der Waals surface area contributed by atoms with Crippen molar-refractivity contribution < 1.29 is 93.1 Å². The molecule has 25 nitrogen and oxygen atoms in total. The second-order valence-corrected chi connectivity index (χ2v) is 15.9. The fourth-order valence-electron chi connectivity index (χ4n) is 7.86. The molecule has 0 bridgehead atoms. The summed E-state index contributed by atoms with van der Waals surface area (Å²) in [4.78, 5) is 39.3. The van der Waals surface area contributed by atoms with Gasteiger partial charge in [0.15, 0.2) is 18.9 Å². The molecule has 3 aliphatic heterocycles. The first kappa shape index (κ1) is 50.8. The lowest BCUT2D eigenvalue weighted by Crippen LogP contribution is -2.70. The zero-order chi connectivity index (χ0) is 48.9. The fourth-order valence-corrected chi connectivity index (χ4v) is 7.86. The van der Waals surface area contributed by atoms with Gasteiger partial charge in [0.05, 0.1) is 18.1 Å². The van der Waals surface area contributed by atoms with Gasteiger partial charge in [-0.2, -0.15) is 0 Å². The van der Waals surface area contributed by atoms with Gasteiger partial charge in [0.2, 0.25) is 0 Å². The predicted octanol–water partition coefficient (Wildman–Crippen LogP) is -3.43. The summed E-state index contributed by atoms with van der Waals surface area (Å²) in [6, 6.07) is 7.36. The average Bonchev–Trinajstić information content (AvgIpc) is 3.29. The standard InChI is InChI=1S/C42H56N6O19/c1-46-28-33(54)35(26(63-40(28)59)14-61-38(57)20-11-17(44)5-8-23(20)50)66-42-30(48-3)34(55)36(27(65-42)15-62-39(58)21-12-18(45)6-9-24(21)51)67-41-29(47-2)32(53)31(52)25(64-41)13-60-37(56)19-10-16(43)4-7-22(19)49/h4-12,25-36,40-42,46-55,59H,13-15,43-45H2,1-3H3/t25?,26?,27?,28?,29?,30?,31-,32+,33+,34+,35-,36+,40-,41+,42+/m1/s1. The molecule has 17 N–H and O–H groups in total. The van der Waals surface area contributed by atoms with E-state index >= 15 is 0 Å². The highest BCUT2D eigenvalue weighted by Crippen LogP contribution is 2.34. The number of ether oxygens (including phenoxy) is 8. The number of carbonyl (C=O) groups excluding carboxylic acids is 3. The molecular formula is C42H56N6O19. The molecule has 0 aromatic heterocycles. The molecule has 368 valence electrons. The number of hydrogen-bond donors (Lipinski definition) is 14. The second kappa shape index (κ2) is 22.0.